The molecule has 0 fully saturated rings. The third-order valence-electron chi connectivity index (χ3n) is 3.08. The van der Waals surface area contributed by atoms with Gasteiger partial charge in [0.25, 0.3) is 0 Å². The van der Waals surface area contributed by atoms with E-state index in [0.717, 1.165) is 28.1 Å². The Hall–Kier alpha value is -0.770. The highest BCUT2D eigenvalue weighted by atomic mass is 79.9. The first-order valence-corrected chi connectivity index (χ1v) is 7.85. The number of benzene rings is 1. The van der Waals surface area contributed by atoms with Gasteiger partial charge < -0.3 is 9.88 Å². The molecule has 2 rings (SSSR count). The molecule has 0 atom stereocenters. The van der Waals surface area contributed by atoms with Crippen LogP contribution in [0.4, 0.5) is 0 Å². The van der Waals surface area contributed by atoms with E-state index in [9.17, 15) is 0 Å². The number of halogens is 2. The molecule has 1 heterocycles. The summed E-state index contributed by atoms with van der Waals surface area (Å²) in [6.07, 6.45) is 2.10. The van der Waals surface area contributed by atoms with Gasteiger partial charge in [0.2, 0.25) is 0 Å². The van der Waals surface area contributed by atoms with E-state index in [1.165, 1.54) is 5.69 Å². The molecule has 0 aliphatic rings. The van der Waals surface area contributed by atoms with Crippen LogP contribution < -0.4 is 5.32 Å². The van der Waals surface area contributed by atoms with Gasteiger partial charge in [-0.25, -0.2) is 0 Å². The molecule has 1 N–H and O–H groups in total. The molecule has 0 spiro atoms. The van der Waals surface area contributed by atoms with Gasteiger partial charge in [0.15, 0.2) is 0 Å². The Bertz CT molecular complexity index is 584. The number of rotatable bonds is 4. The smallest absolute Gasteiger partial charge is 0.0488 e. The van der Waals surface area contributed by atoms with Gasteiger partial charge in [0.05, 0.1) is 0 Å². The van der Waals surface area contributed by atoms with Crippen molar-refractivity contribution in [2.75, 3.05) is 0 Å². The number of nitrogens with zero attached hydrogens (tertiary/aromatic N) is 1. The molecule has 0 saturated heterocycles. The van der Waals surface area contributed by atoms with Crippen LogP contribution in [0.2, 0.25) is 5.02 Å². The minimum atomic E-state index is 0.115. The lowest BCUT2D eigenvalue weighted by molar-refractivity contribution is 0.417. The van der Waals surface area contributed by atoms with Gasteiger partial charge in [-0.15, -0.1) is 0 Å². The van der Waals surface area contributed by atoms with Crippen molar-refractivity contribution in [1.82, 2.24) is 9.88 Å². The second kappa shape index (κ2) is 6.33. The van der Waals surface area contributed by atoms with Crippen molar-refractivity contribution < 1.29 is 0 Å². The van der Waals surface area contributed by atoms with Gasteiger partial charge in [0, 0.05) is 40.0 Å². The summed E-state index contributed by atoms with van der Waals surface area (Å²) < 4.78 is 3.24. The van der Waals surface area contributed by atoms with Crippen LogP contribution in [0.25, 0.3) is 0 Å². The number of nitrogens with one attached hydrogen (secondary N) is 1. The molecular formula is C16H20BrClN2. The topological polar surface area (TPSA) is 17.0 Å². The molecule has 0 bridgehead atoms. The Labute approximate surface area is 134 Å². The van der Waals surface area contributed by atoms with Crippen LogP contribution in [0.5, 0.6) is 0 Å². The zero-order valence-corrected chi connectivity index (χ0v) is 14.4. The second-order valence-electron chi connectivity index (χ2n) is 5.97. The van der Waals surface area contributed by atoms with E-state index in [4.69, 9.17) is 11.6 Å². The Morgan fingerprint density at radius 3 is 2.65 bits per heavy atom. The van der Waals surface area contributed by atoms with Crippen LogP contribution in [-0.2, 0) is 13.1 Å². The van der Waals surface area contributed by atoms with Crippen molar-refractivity contribution in [3.63, 3.8) is 0 Å². The number of hydrogen-bond acceptors (Lipinski definition) is 1. The van der Waals surface area contributed by atoms with E-state index in [2.05, 4.69) is 71.0 Å². The fraction of sp³-hybridized carbons (Fsp3) is 0.375. The van der Waals surface area contributed by atoms with Gasteiger partial charge in [-0.3, -0.25) is 0 Å². The van der Waals surface area contributed by atoms with E-state index in [-0.39, 0.29) is 5.54 Å². The SMILES string of the molecule is CC(C)(C)NCc1cccn1Cc1ccc(Br)cc1Cl. The maximum atomic E-state index is 6.29. The molecule has 20 heavy (non-hydrogen) atoms. The molecule has 2 nitrogen and oxygen atoms in total. The van der Waals surface area contributed by atoms with Crippen LogP contribution in [0.3, 0.4) is 0 Å². The summed E-state index contributed by atoms with van der Waals surface area (Å²) in [6, 6.07) is 10.2. The standard InChI is InChI=1S/C16H20BrClN2/c1-16(2,3)19-10-14-5-4-8-20(14)11-12-6-7-13(17)9-15(12)18/h4-9,19H,10-11H2,1-3H3. The normalized spacial score (nSPS) is 11.8. The van der Waals surface area contributed by atoms with Gasteiger partial charge in [-0.05, 0) is 50.6 Å². The van der Waals surface area contributed by atoms with Crippen molar-refractivity contribution in [2.24, 2.45) is 0 Å². The van der Waals surface area contributed by atoms with Crippen LogP contribution in [-0.4, -0.2) is 10.1 Å². The Morgan fingerprint density at radius 1 is 1.25 bits per heavy atom. The lowest BCUT2D eigenvalue weighted by Crippen LogP contribution is -2.35. The first kappa shape index (κ1) is 15.6. The summed E-state index contributed by atoms with van der Waals surface area (Å²) in [4.78, 5) is 0. The average Bonchev–Trinajstić information content (AvgIpc) is 2.77. The summed E-state index contributed by atoms with van der Waals surface area (Å²) in [5.41, 5.74) is 2.51. The molecule has 0 aliphatic carbocycles. The molecular weight excluding hydrogens is 336 g/mol. The van der Waals surface area contributed by atoms with Crippen molar-refractivity contribution in [2.45, 2.75) is 39.4 Å². The maximum Gasteiger partial charge on any atom is 0.0488 e. The largest absolute Gasteiger partial charge is 0.346 e. The lowest BCUT2D eigenvalue weighted by Gasteiger charge is -2.21. The first-order chi connectivity index (χ1) is 9.35. The molecule has 1 aromatic carbocycles. The Balaban J connectivity index is 2.12. The second-order valence-corrected chi connectivity index (χ2v) is 7.29. The van der Waals surface area contributed by atoms with Crippen LogP contribution in [0.15, 0.2) is 41.0 Å². The minimum absolute atomic E-state index is 0.115. The van der Waals surface area contributed by atoms with Gasteiger partial charge in [-0.1, -0.05) is 33.6 Å². The summed E-state index contributed by atoms with van der Waals surface area (Å²) >= 11 is 9.72. The van der Waals surface area contributed by atoms with E-state index < -0.39 is 0 Å². The molecule has 4 heteroatoms. The van der Waals surface area contributed by atoms with Crippen LogP contribution in [0, 0.1) is 0 Å². The van der Waals surface area contributed by atoms with Crippen molar-refractivity contribution >= 4 is 27.5 Å². The predicted molar refractivity (Wildman–Crippen MR) is 89.3 cm³/mol. The summed E-state index contributed by atoms with van der Waals surface area (Å²) in [5, 5.41) is 4.31. The van der Waals surface area contributed by atoms with Gasteiger partial charge in [-0.2, -0.15) is 0 Å². The van der Waals surface area contributed by atoms with E-state index in [1.807, 2.05) is 12.1 Å². The molecule has 108 valence electrons. The fourth-order valence-electron chi connectivity index (χ4n) is 1.95. The van der Waals surface area contributed by atoms with Gasteiger partial charge >= 0.3 is 0 Å². The lowest BCUT2D eigenvalue weighted by atomic mass is 10.1. The summed E-state index contributed by atoms with van der Waals surface area (Å²) in [5.74, 6) is 0. The predicted octanol–water partition coefficient (Wildman–Crippen LogP) is 4.84. The maximum absolute atomic E-state index is 6.29. The van der Waals surface area contributed by atoms with Crippen molar-refractivity contribution in [3.05, 3.63) is 57.3 Å². The highest BCUT2D eigenvalue weighted by molar-refractivity contribution is 9.10. The number of hydrogen-bond donors (Lipinski definition) is 1. The molecule has 0 radical (unpaired) electrons. The highest BCUT2D eigenvalue weighted by Gasteiger charge is 2.11. The zero-order valence-electron chi connectivity index (χ0n) is 12.1. The Morgan fingerprint density at radius 2 is 2.00 bits per heavy atom. The molecule has 0 unspecified atom stereocenters. The number of aromatic nitrogens is 1. The third-order valence-corrected chi connectivity index (χ3v) is 3.92. The van der Waals surface area contributed by atoms with Crippen molar-refractivity contribution in [3.8, 4) is 0 Å². The highest BCUT2D eigenvalue weighted by Crippen LogP contribution is 2.22. The van der Waals surface area contributed by atoms with E-state index in [1.54, 1.807) is 0 Å². The molecule has 1 aromatic heterocycles. The quantitative estimate of drug-likeness (QED) is 0.830. The first-order valence-electron chi connectivity index (χ1n) is 6.68. The molecule has 0 aliphatic heterocycles. The van der Waals surface area contributed by atoms with Crippen LogP contribution >= 0.6 is 27.5 Å². The zero-order chi connectivity index (χ0) is 14.8. The van der Waals surface area contributed by atoms with Crippen LogP contribution in [0.1, 0.15) is 32.0 Å². The fourth-order valence-corrected chi connectivity index (χ4v) is 2.69. The van der Waals surface area contributed by atoms with E-state index >= 15 is 0 Å². The van der Waals surface area contributed by atoms with Gasteiger partial charge in [0.1, 0.15) is 0 Å². The van der Waals surface area contributed by atoms with E-state index in [0.29, 0.717) is 0 Å². The van der Waals surface area contributed by atoms with Crippen molar-refractivity contribution in [1.29, 1.82) is 0 Å². The summed E-state index contributed by atoms with van der Waals surface area (Å²) in [7, 11) is 0. The minimum Gasteiger partial charge on any atom is -0.346 e. The summed E-state index contributed by atoms with van der Waals surface area (Å²) in [6.45, 7) is 8.16. The molecule has 0 amide bonds. The molecule has 0 saturated carbocycles. The third kappa shape index (κ3) is 4.37. The molecule has 2 aromatic rings. The Kier molecular flexibility index (Phi) is 4.95. The monoisotopic (exact) mass is 354 g/mol. The average molecular weight is 356 g/mol.